The molecule has 1 unspecified atom stereocenters. The van der Waals surface area contributed by atoms with E-state index in [0.717, 1.165) is 57.2 Å². The Morgan fingerprint density at radius 1 is 0.977 bits per heavy atom. The molecule has 1 atom stereocenters. The van der Waals surface area contributed by atoms with Gasteiger partial charge in [0.1, 0.15) is 11.6 Å². The molecule has 5 nitrogen and oxygen atoms in total. The van der Waals surface area contributed by atoms with Gasteiger partial charge in [-0.05, 0) is 47.1 Å². The number of aromatic nitrogens is 2. The van der Waals surface area contributed by atoms with E-state index in [1.54, 1.807) is 11.3 Å². The monoisotopic (exact) mass is 760 g/mol. The van der Waals surface area contributed by atoms with Crippen molar-refractivity contribution in [2.24, 2.45) is 7.05 Å². The van der Waals surface area contributed by atoms with Crippen molar-refractivity contribution in [3.05, 3.63) is 133 Å². The van der Waals surface area contributed by atoms with E-state index in [-0.39, 0.29) is 28.5 Å². The van der Waals surface area contributed by atoms with Gasteiger partial charge in [0.05, 0.1) is 0 Å². The fraction of sp³-hybridized carbons (Fsp3) is 0.0833. The maximum atomic E-state index is 6.61. The predicted octanol–water partition coefficient (Wildman–Crippen LogP) is 9.11. The smallest absolute Gasteiger partial charge is 0.256 e. The Morgan fingerprint density at radius 2 is 1.79 bits per heavy atom. The van der Waals surface area contributed by atoms with Crippen molar-refractivity contribution < 1.29 is 25.8 Å². The summed E-state index contributed by atoms with van der Waals surface area (Å²) in [5.41, 5.74) is 8.53. The van der Waals surface area contributed by atoms with Gasteiger partial charge in [0.2, 0.25) is 0 Å². The number of pyridine rings is 1. The number of benzene rings is 3. The van der Waals surface area contributed by atoms with E-state index < -0.39 is 6.35 Å². The number of hydrogen-bond donors (Lipinski definition) is 1. The maximum Gasteiger partial charge on any atom is 0.256 e. The van der Waals surface area contributed by atoms with E-state index in [4.69, 9.17) is 9.72 Å². The molecule has 3 aromatic heterocycles. The third-order valence-electron chi connectivity index (χ3n) is 7.75. The number of thiophene rings is 1. The summed E-state index contributed by atoms with van der Waals surface area (Å²) in [5, 5.41) is 6.99. The van der Waals surface area contributed by atoms with Crippen molar-refractivity contribution in [2.75, 3.05) is 10.2 Å². The molecule has 8 rings (SSSR count). The van der Waals surface area contributed by atoms with Gasteiger partial charge in [0.25, 0.3) is 6.35 Å². The molecule has 7 heteroatoms. The first-order valence-electron chi connectivity index (χ1n) is 13.7. The minimum absolute atomic E-state index is 0. The Hall–Kier alpha value is -4.25. The van der Waals surface area contributed by atoms with Crippen LogP contribution in [0.4, 0.5) is 17.2 Å². The molecular formula is C36H29N4OPtS-3. The van der Waals surface area contributed by atoms with Crippen molar-refractivity contribution in [3.63, 3.8) is 0 Å². The second kappa shape index (κ2) is 11.8. The summed E-state index contributed by atoms with van der Waals surface area (Å²) in [6, 6.07) is 34.6. The van der Waals surface area contributed by atoms with Crippen molar-refractivity contribution in [2.45, 2.75) is 12.8 Å². The standard InChI is InChI=1S/C35H26N4OS.CH3.Pt/c1-38-29-17-7-5-11-23(29)21-30(38)26-15-9-18-31-34(26)37-35(40-31)39(24-12-3-2-4-13-24)33-20-10-16-28(36-33)27-22-41-32-19-8-6-14-25(27)32;;/h2-5,7-20,22,35,37H,6H2,1H3;1H3;/q-2;-1;. The van der Waals surface area contributed by atoms with Gasteiger partial charge in [-0.2, -0.15) is 12.0 Å². The number of nitrogens with zero attached hydrogens (tertiary/aromatic N) is 3. The van der Waals surface area contributed by atoms with Crippen LogP contribution in [-0.2, 0) is 28.1 Å². The Kier molecular flexibility index (Phi) is 7.91. The summed E-state index contributed by atoms with van der Waals surface area (Å²) >= 11 is 1.76. The SMILES string of the molecule is Cn1c(-c2cccc3c2NC(N(c2ccccc2)c2cccc(-c4csc5c4[CH-]CC=C5)n2)O3)[c-]c2ccccc21.[CH3-].[Pt]. The number of ether oxygens (including phenoxy) is 1. The molecule has 0 saturated carbocycles. The van der Waals surface area contributed by atoms with E-state index in [2.05, 4.69) is 106 Å². The van der Waals surface area contributed by atoms with Crippen LogP contribution in [0.5, 0.6) is 5.75 Å². The van der Waals surface area contributed by atoms with Crippen LogP contribution in [-0.4, -0.2) is 15.9 Å². The van der Waals surface area contributed by atoms with Gasteiger partial charge in [-0.3, -0.25) is 4.90 Å². The quantitative estimate of drug-likeness (QED) is 0.178. The minimum atomic E-state index is -0.489. The second-order valence-electron chi connectivity index (χ2n) is 10.2. The van der Waals surface area contributed by atoms with E-state index >= 15 is 0 Å². The number of hydrogen-bond acceptors (Lipinski definition) is 5. The Bertz CT molecular complexity index is 1940. The number of fused-ring (bicyclic) bond motifs is 3. The number of allylic oxidation sites excluding steroid dienone is 1. The van der Waals surface area contributed by atoms with Crippen LogP contribution in [0.3, 0.4) is 0 Å². The second-order valence-corrected chi connectivity index (χ2v) is 11.1. The number of rotatable bonds is 5. The number of aryl methyl sites for hydroxylation is 1. The Labute approximate surface area is 270 Å². The molecule has 0 radical (unpaired) electrons. The summed E-state index contributed by atoms with van der Waals surface area (Å²) in [5.74, 6) is 1.61. The van der Waals surface area contributed by atoms with Crippen LogP contribution < -0.4 is 15.0 Å². The first kappa shape index (κ1) is 28.8. The molecule has 0 spiro atoms. The van der Waals surface area contributed by atoms with Crippen LogP contribution in [0, 0.1) is 19.9 Å². The molecule has 6 aromatic rings. The molecule has 4 heterocycles. The molecule has 1 aliphatic carbocycles. The van der Waals surface area contributed by atoms with Gasteiger partial charge in [-0.25, -0.2) is 16.3 Å². The summed E-state index contributed by atoms with van der Waals surface area (Å²) < 4.78 is 8.80. The zero-order valence-corrected chi connectivity index (χ0v) is 26.8. The number of para-hydroxylation sites is 3. The van der Waals surface area contributed by atoms with Gasteiger partial charge in [0.15, 0.2) is 0 Å². The summed E-state index contributed by atoms with van der Waals surface area (Å²) in [4.78, 5) is 8.60. The van der Waals surface area contributed by atoms with E-state index in [1.165, 1.54) is 16.0 Å². The third kappa shape index (κ3) is 4.95. The zero-order chi connectivity index (χ0) is 27.3. The van der Waals surface area contributed by atoms with Gasteiger partial charge in [-0.1, -0.05) is 70.8 Å². The van der Waals surface area contributed by atoms with Gasteiger partial charge >= 0.3 is 0 Å². The van der Waals surface area contributed by atoms with Gasteiger partial charge in [0, 0.05) is 45.2 Å². The zero-order valence-electron chi connectivity index (χ0n) is 23.7. The van der Waals surface area contributed by atoms with Crippen LogP contribution in [0.25, 0.3) is 39.5 Å². The summed E-state index contributed by atoms with van der Waals surface area (Å²) in [6.07, 6.45) is 7.16. The molecule has 0 saturated heterocycles. The average molecular weight is 761 g/mol. The van der Waals surface area contributed by atoms with E-state index in [0.29, 0.717) is 0 Å². The molecule has 1 N–H and O–H groups in total. The molecular weight excluding hydrogens is 732 g/mol. The Balaban J connectivity index is 0.00000165. The van der Waals surface area contributed by atoms with Crippen LogP contribution >= 0.6 is 11.3 Å². The van der Waals surface area contributed by atoms with Crippen LogP contribution in [0.2, 0.25) is 0 Å². The first-order valence-corrected chi connectivity index (χ1v) is 14.6. The fourth-order valence-electron chi connectivity index (χ4n) is 5.78. The van der Waals surface area contributed by atoms with Crippen molar-refractivity contribution in [1.29, 1.82) is 0 Å². The van der Waals surface area contributed by atoms with Crippen molar-refractivity contribution >= 4 is 45.5 Å². The molecule has 3 aromatic carbocycles. The molecule has 0 bridgehead atoms. The number of anilines is 3. The molecule has 2 aliphatic rings. The normalized spacial score (nSPS) is 14.4. The first-order chi connectivity index (χ1) is 20.2. The van der Waals surface area contributed by atoms with Crippen molar-refractivity contribution in [3.8, 4) is 28.3 Å². The number of nitrogens with one attached hydrogen (secondary N) is 1. The summed E-state index contributed by atoms with van der Waals surface area (Å²) in [7, 11) is 2.09. The van der Waals surface area contributed by atoms with Crippen LogP contribution in [0.1, 0.15) is 16.9 Å². The molecule has 1 aliphatic heterocycles. The average Bonchev–Trinajstić information content (AvgIpc) is 3.73. The largest absolute Gasteiger partial charge is 0.451 e. The molecule has 0 fully saturated rings. The van der Waals surface area contributed by atoms with E-state index in [1.807, 2.05) is 36.4 Å². The fourth-order valence-corrected chi connectivity index (χ4v) is 6.77. The summed E-state index contributed by atoms with van der Waals surface area (Å²) in [6.45, 7) is 0. The molecule has 43 heavy (non-hydrogen) atoms. The third-order valence-corrected chi connectivity index (χ3v) is 8.72. The maximum absolute atomic E-state index is 6.61. The predicted molar refractivity (Wildman–Crippen MR) is 175 cm³/mol. The van der Waals surface area contributed by atoms with E-state index in [9.17, 15) is 0 Å². The van der Waals surface area contributed by atoms with Crippen molar-refractivity contribution in [1.82, 2.24) is 9.55 Å². The minimum Gasteiger partial charge on any atom is -0.451 e. The van der Waals surface area contributed by atoms with Gasteiger partial charge < -0.3 is 22.0 Å². The van der Waals surface area contributed by atoms with Crippen LogP contribution in [0.15, 0.2) is 102 Å². The molecule has 218 valence electrons. The molecule has 0 amide bonds. The Morgan fingerprint density at radius 3 is 2.65 bits per heavy atom. The van der Waals surface area contributed by atoms with Gasteiger partial charge in [-0.15, -0.1) is 35.7 Å². The topological polar surface area (TPSA) is 42.3 Å².